The smallest absolute Gasteiger partial charge is 0.267 e. The third kappa shape index (κ3) is 4.94. The van der Waals surface area contributed by atoms with Crippen LogP contribution in [0.1, 0.15) is 15.4 Å². The van der Waals surface area contributed by atoms with Gasteiger partial charge in [0.2, 0.25) is 11.0 Å². The Hall–Kier alpha value is -2.57. The summed E-state index contributed by atoms with van der Waals surface area (Å²) in [5.41, 5.74) is 1.45. The molecule has 1 aliphatic heterocycles. The van der Waals surface area contributed by atoms with Crippen LogP contribution in [0.4, 0.5) is 10.8 Å². The van der Waals surface area contributed by atoms with E-state index in [1.54, 1.807) is 6.92 Å². The monoisotopic (exact) mass is 461 g/mol. The summed E-state index contributed by atoms with van der Waals surface area (Å²) >= 11 is 3.97. The highest BCUT2D eigenvalue weighted by molar-refractivity contribution is 8.01. The minimum atomic E-state index is -0.0806. The van der Waals surface area contributed by atoms with Crippen LogP contribution in [0.5, 0.6) is 0 Å². The highest BCUT2D eigenvalue weighted by Crippen LogP contribution is 2.29. The lowest BCUT2D eigenvalue weighted by Gasteiger charge is -2.34. The van der Waals surface area contributed by atoms with Gasteiger partial charge in [0.1, 0.15) is 4.88 Å². The quantitative estimate of drug-likeness (QED) is 0.558. The zero-order valence-electron chi connectivity index (χ0n) is 16.1. The van der Waals surface area contributed by atoms with Gasteiger partial charge in [-0.15, -0.1) is 15.3 Å². The molecular formula is C18H19N7O2S3. The summed E-state index contributed by atoms with van der Waals surface area (Å²) in [4.78, 5) is 29.2. The van der Waals surface area contributed by atoms with Gasteiger partial charge in [0.05, 0.1) is 11.4 Å². The van der Waals surface area contributed by atoms with E-state index in [9.17, 15) is 9.59 Å². The van der Waals surface area contributed by atoms with E-state index in [-0.39, 0.29) is 17.6 Å². The van der Waals surface area contributed by atoms with Gasteiger partial charge in [-0.2, -0.15) is 0 Å². The molecule has 9 nitrogen and oxygen atoms in total. The minimum absolute atomic E-state index is 0.0138. The number of amides is 2. The highest BCUT2D eigenvalue weighted by Gasteiger charge is 2.26. The molecule has 3 aromatic rings. The minimum Gasteiger partial charge on any atom is -0.343 e. The number of para-hydroxylation sites is 1. The lowest BCUT2D eigenvalue weighted by molar-refractivity contribution is -0.113. The first kappa shape index (κ1) is 20.7. The number of aromatic nitrogens is 4. The molecule has 1 N–H and O–H groups in total. The third-order valence-corrected chi connectivity index (χ3v) is 7.40. The van der Waals surface area contributed by atoms with Gasteiger partial charge in [-0.05, 0) is 30.6 Å². The molecule has 0 radical (unpaired) electrons. The molecule has 1 aliphatic rings. The Balaban J connectivity index is 1.26. The second-order valence-corrected chi connectivity index (χ2v) is 9.45. The fraction of sp³-hybridized carbons (Fsp3) is 0.333. The molecule has 30 heavy (non-hydrogen) atoms. The Morgan fingerprint density at radius 2 is 1.87 bits per heavy atom. The van der Waals surface area contributed by atoms with Crippen molar-refractivity contribution in [2.75, 3.05) is 42.1 Å². The highest BCUT2D eigenvalue weighted by atomic mass is 32.2. The van der Waals surface area contributed by atoms with Crippen molar-refractivity contribution in [2.45, 2.75) is 11.3 Å². The molecule has 4 rings (SSSR count). The van der Waals surface area contributed by atoms with E-state index in [1.165, 1.54) is 23.1 Å². The molecule has 0 spiro atoms. The molecule has 2 amide bonds. The van der Waals surface area contributed by atoms with Gasteiger partial charge in [-0.1, -0.05) is 45.8 Å². The molecule has 12 heteroatoms. The van der Waals surface area contributed by atoms with Gasteiger partial charge in [0.15, 0.2) is 4.34 Å². The number of nitrogens with one attached hydrogen (secondary N) is 1. The average Bonchev–Trinajstić information content (AvgIpc) is 3.42. The molecule has 1 saturated heterocycles. The van der Waals surface area contributed by atoms with E-state index in [0.29, 0.717) is 36.8 Å². The second kappa shape index (κ2) is 9.49. The number of piperazine rings is 1. The largest absolute Gasteiger partial charge is 0.343 e. The molecular weight excluding hydrogens is 442 g/mol. The molecule has 0 unspecified atom stereocenters. The van der Waals surface area contributed by atoms with Crippen molar-refractivity contribution in [1.82, 2.24) is 24.7 Å². The number of thioether (sulfide) groups is 1. The summed E-state index contributed by atoms with van der Waals surface area (Å²) in [5, 5.41) is 16.0. The van der Waals surface area contributed by atoms with Crippen LogP contribution in [0.2, 0.25) is 0 Å². The van der Waals surface area contributed by atoms with Gasteiger partial charge in [0, 0.05) is 31.9 Å². The summed E-state index contributed by atoms with van der Waals surface area (Å²) in [6, 6.07) is 9.36. The maximum absolute atomic E-state index is 12.6. The van der Waals surface area contributed by atoms with Crippen LogP contribution in [0.25, 0.3) is 0 Å². The fourth-order valence-electron chi connectivity index (χ4n) is 2.91. The topological polar surface area (TPSA) is 104 Å². The van der Waals surface area contributed by atoms with E-state index in [2.05, 4.69) is 30.0 Å². The molecule has 0 bridgehead atoms. The molecule has 1 aromatic carbocycles. The number of hydrogen-bond acceptors (Lipinski definition) is 10. The van der Waals surface area contributed by atoms with Gasteiger partial charge >= 0.3 is 0 Å². The standard InChI is InChI=1S/C18H19N7O2S3/c1-12-15(30-23-20-12)16(27)24-7-9-25(10-8-24)17-21-22-18(29-17)28-11-14(26)19-13-5-3-2-4-6-13/h2-6H,7-11H2,1H3,(H,19,26). The lowest BCUT2D eigenvalue weighted by Crippen LogP contribution is -2.48. The Morgan fingerprint density at radius 1 is 1.10 bits per heavy atom. The number of anilines is 2. The van der Waals surface area contributed by atoms with Crippen molar-refractivity contribution in [3.63, 3.8) is 0 Å². The molecule has 0 atom stereocenters. The third-order valence-electron chi connectivity index (χ3n) is 4.46. The summed E-state index contributed by atoms with van der Waals surface area (Å²) < 4.78 is 4.59. The van der Waals surface area contributed by atoms with Crippen molar-refractivity contribution >= 4 is 57.3 Å². The van der Waals surface area contributed by atoms with Crippen molar-refractivity contribution in [3.8, 4) is 0 Å². The lowest BCUT2D eigenvalue weighted by atomic mass is 10.3. The number of nitrogens with zero attached hydrogens (tertiary/aromatic N) is 6. The van der Waals surface area contributed by atoms with Crippen molar-refractivity contribution < 1.29 is 9.59 Å². The Kier molecular flexibility index (Phi) is 6.55. The van der Waals surface area contributed by atoms with Crippen LogP contribution in [0.15, 0.2) is 34.7 Å². The first-order chi connectivity index (χ1) is 14.6. The fourth-order valence-corrected chi connectivity index (χ4v) is 5.22. The van der Waals surface area contributed by atoms with Crippen molar-refractivity contribution in [1.29, 1.82) is 0 Å². The molecule has 1 fully saturated rings. The maximum Gasteiger partial charge on any atom is 0.267 e. The molecule has 3 heterocycles. The predicted octanol–water partition coefficient (Wildman–Crippen LogP) is 2.39. The predicted molar refractivity (Wildman–Crippen MR) is 118 cm³/mol. The van der Waals surface area contributed by atoms with Crippen LogP contribution in [0, 0.1) is 6.92 Å². The SMILES string of the molecule is Cc1nnsc1C(=O)N1CCN(c2nnc(SCC(=O)Nc3ccccc3)s2)CC1. The van der Waals surface area contributed by atoms with Crippen LogP contribution in [-0.2, 0) is 4.79 Å². The summed E-state index contributed by atoms with van der Waals surface area (Å²) in [6.07, 6.45) is 0. The van der Waals surface area contributed by atoms with E-state index >= 15 is 0 Å². The van der Waals surface area contributed by atoms with E-state index in [0.717, 1.165) is 26.7 Å². The Morgan fingerprint density at radius 3 is 2.57 bits per heavy atom. The number of rotatable bonds is 6. The molecule has 0 aliphatic carbocycles. The summed E-state index contributed by atoms with van der Waals surface area (Å²) in [7, 11) is 0. The first-order valence-electron chi connectivity index (χ1n) is 9.24. The van der Waals surface area contributed by atoms with Crippen molar-refractivity contribution in [3.05, 3.63) is 40.9 Å². The number of benzene rings is 1. The zero-order chi connectivity index (χ0) is 20.9. The maximum atomic E-state index is 12.6. The van der Waals surface area contributed by atoms with Gasteiger partial charge in [-0.25, -0.2) is 0 Å². The van der Waals surface area contributed by atoms with Crippen LogP contribution in [-0.4, -0.2) is 68.4 Å². The normalized spacial score (nSPS) is 14.0. The van der Waals surface area contributed by atoms with Crippen LogP contribution in [0.3, 0.4) is 0 Å². The number of carbonyl (C=O) groups excluding carboxylic acids is 2. The summed E-state index contributed by atoms with van der Waals surface area (Å²) in [5.74, 6) is 0.177. The van der Waals surface area contributed by atoms with Crippen LogP contribution < -0.4 is 10.2 Å². The summed E-state index contributed by atoms with van der Waals surface area (Å²) in [6.45, 7) is 4.39. The van der Waals surface area contributed by atoms with E-state index < -0.39 is 0 Å². The molecule has 2 aromatic heterocycles. The van der Waals surface area contributed by atoms with Gasteiger partial charge in [-0.3, -0.25) is 9.59 Å². The molecule has 0 saturated carbocycles. The second-order valence-electron chi connectivity index (χ2n) is 6.52. The average molecular weight is 462 g/mol. The zero-order valence-corrected chi connectivity index (χ0v) is 18.6. The van der Waals surface area contributed by atoms with Crippen LogP contribution >= 0.6 is 34.6 Å². The van der Waals surface area contributed by atoms with Gasteiger partial charge in [0.25, 0.3) is 5.91 Å². The van der Waals surface area contributed by atoms with E-state index in [4.69, 9.17) is 0 Å². The van der Waals surface area contributed by atoms with E-state index in [1.807, 2.05) is 35.2 Å². The van der Waals surface area contributed by atoms with Gasteiger partial charge < -0.3 is 15.1 Å². The first-order valence-corrected chi connectivity index (χ1v) is 11.8. The van der Waals surface area contributed by atoms with Crippen molar-refractivity contribution in [2.24, 2.45) is 0 Å². The molecule has 156 valence electrons. The number of hydrogen-bond donors (Lipinski definition) is 1. The number of aryl methyl sites for hydroxylation is 1. The number of carbonyl (C=O) groups is 2. The Bertz CT molecular complexity index is 1020. The Labute approximate surface area is 185 Å².